The minimum absolute atomic E-state index is 0.0943. The van der Waals surface area contributed by atoms with Gasteiger partial charge in [-0.15, -0.1) is 0 Å². The molecule has 0 saturated heterocycles. The Kier molecular flexibility index (Phi) is 4.46. The molecule has 106 valence electrons. The van der Waals surface area contributed by atoms with E-state index in [4.69, 9.17) is 33.7 Å². The van der Waals surface area contributed by atoms with Gasteiger partial charge in [0.1, 0.15) is 6.61 Å². The Balaban J connectivity index is 2.19. The van der Waals surface area contributed by atoms with Crippen molar-refractivity contribution in [1.82, 2.24) is 15.0 Å². The zero-order valence-corrected chi connectivity index (χ0v) is 12.5. The van der Waals surface area contributed by atoms with E-state index in [1.165, 1.54) is 0 Å². The number of hydrogen-bond acceptors (Lipinski definition) is 6. The third kappa shape index (κ3) is 3.40. The lowest BCUT2D eigenvalue weighted by atomic mass is 10.3. The van der Waals surface area contributed by atoms with Gasteiger partial charge in [-0.25, -0.2) is 0 Å². The van der Waals surface area contributed by atoms with E-state index >= 15 is 0 Å². The largest absolute Gasteiger partial charge is 0.482 e. The number of rotatable bonds is 4. The molecule has 20 heavy (non-hydrogen) atoms. The van der Waals surface area contributed by atoms with Crippen LogP contribution in [0.25, 0.3) is 0 Å². The lowest BCUT2D eigenvalue weighted by molar-refractivity contribution is 0.296. The van der Waals surface area contributed by atoms with Crippen molar-refractivity contribution < 1.29 is 4.74 Å². The minimum atomic E-state index is 0.0943. The summed E-state index contributed by atoms with van der Waals surface area (Å²) in [5.74, 6) is 1.38. The van der Waals surface area contributed by atoms with Crippen LogP contribution in [0.1, 0.15) is 5.82 Å². The first-order valence-electron chi connectivity index (χ1n) is 5.72. The quantitative estimate of drug-likeness (QED) is 0.934. The molecule has 0 radical (unpaired) electrons. The third-order valence-corrected chi connectivity index (χ3v) is 2.95. The van der Waals surface area contributed by atoms with Crippen molar-refractivity contribution in [2.75, 3.05) is 24.7 Å². The molecule has 0 aliphatic heterocycles. The third-order valence-electron chi connectivity index (χ3n) is 2.35. The number of hydrogen-bond donors (Lipinski definition) is 1. The summed E-state index contributed by atoms with van der Waals surface area (Å²) in [6.45, 7) is 0.0943. The molecular weight excluding hydrogens is 301 g/mol. The van der Waals surface area contributed by atoms with Gasteiger partial charge in [-0.1, -0.05) is 29.3 Å². The topological polar surface area (TPSA) is 77.2 Å². The van der Waals surface area contributed by atoms with Gasteiger partial charge in [0.25, 0.3) is 0 Å². The second-order valence-corrected chi connectivity index (χ2v) is 4.96. The van der Waals surface area contributed by atoms with E-state index in [0.29, 0.717) is 27.6 Å². The highest BCUT2D eigenvalue weighted by Gasteiger charge is 2.10. The fourth-order valence-corrected chi connectivity index (χ4v) is 1.95. The van der Waals surface area contributed by atoms with Crippen molar-refractivity contribution in [2.45, 2.75) is 6.61 Å². The van der Waals surface area contributed by atoms with E-state index in [2.05, 4.69) is 15.0 Å². The van der Waals surface area contributed by atoms with Crippen LogP contribution in [0.2, 0.25) is 10.0 Å². The number of ether oxygens (including phenoxy) is 1. The Morgan fingerprint density at radius 2 is 1.80 bits per heavy atom. The molecule has 8 heteroatoms. The monoisotopic (exact) mass is 313 g/mol. The van der Waals surface area contributed by atoms with E-state index < -0.39 is 0 Å². The molecule has 0 aliphatic carbocycles. The maximum absolute atomic E-state index is 6.01. The summed E-state index contributed by atoms with van der Waals surface area (Å²) in [7, 11) is 3.62. The molecule has 2 aromatic rings. The number of aromatic nitrogens is 3. The maximum atomic E-state index is 6.01. The van der Waals surface area contributed by atoms with Crippen molar-refractivity contribution in [2.24, 2.45) is 0 Å². The number of para-hydroxylation sites is 1. The molecule has 0 saturated carbocycles. The Labute approximate surface area is 126 Å². The van der Waals surface area contributed by atoms with Crippen LogP contribution in [-0.4, -0.2) is 29.0 Å². The van der Waals surface area contributed by atoms with Crippen molar-refractivity contribution in [3.05, 3.63) is 34.1 Å². The van der Waals surface area contributed by atoms with Gasteiger partial charge in [0.2, 0.25) is 11.9 Å². The van der Waals surface area contributed by atoms with Crippen molar-refractivity contribution >= 4 is 35.1 Å². The summed E-state index contributed by atoms with van der Waals surface area (Å²) in [6, 6.07) is 5.12. The van der Waals surface area contributed by atoms with Gasteiger partial charge in [0, 0.05) is 14.1 Å². The average molecular weight is 314 g/mol. The van der Waals surface area contributed by atoms with Crippen LogP contribution in [0.3, 0.4) is 0 Å². The van der Waals surface area contributed by atoms with Crippen LogP contribution in [0.5, 0.6) is 5.75 Å². The molecule has 0 fully saturated rings. The second kappa shape index (κ2) is 6.11. The van der Waals surface area contributed by atoms with Gasteiger partial charge >= 0.3 is 0 Å². The zero-order chi connectivity index (χ0) is 14.7. The molecule has 2 rings (SSSR count). The highest BCUT2D eigenvalue weighted by atomic mass is 35.5. The fourth-order valence-electron chi connectivity index (χ4n) is 1.45. The second-order valence-electron chi connectivity index (χ2n) is 4.14. The summed E-state index contributed by atoms with van der Waals surface area (Å²) in [5.41, 5.74) is 5.63. The average Bonchev–Trinajstić information content (AvgIpc) is 2.37. The molecule has 0 unspecified atom stereocenters. The summed E-state index contributed by atoms with van der Waals surface area (Å²) in [4.78, 5) is 14.0. The Morgan fingerprint density at radius 1 is 1.15 bits per heavy atom. The van der Waals surface area contributed by atoms with Gasteiger partial charge in [0.05, 0.1) is 10.0 Å². The first kappa shape index (κ1) is 14.6. The van der Waals surface area contributed by atoms with Crippen molar-refractivity contribution in [1.29, 1.82) is 0 Å². The number of nitrogens with zero attached hydrogens (tertiary/aromatic N) is 4. The summed E-state index contributed by atoms with van der Waals surface area (Å²) >= 11 is 12.0. The van der Waals surface area contributed by atoms with Crippen LogP contribution in [0.4, 0.5) is 11.9 Å². The molecular formula is C12H13Cl2N5O. The zero-order valence-electron chi connectivity index (χ0n) is 11.0. The first-order chi connectivity index (χ1) is 9.47. The summed E-state index contributed by atoms with van der Waals surface area (Å²) < 4.78 is 5.55. The van der Waals surface area contributed by atoms with E-state index in [-0.39, 0.29) is 12.6 Å². The highest BCUT2D eigenvalue weighted by Crippen LogP contribution is 2.32. The standard InChI is InChI=1S/C12H13Cl2N5O/c1-19(2)12-17-9(16-11(15)18-12)6-20-10-7(13)4-3-5-8(10)14/h3-5H,6H2,1-2H3,(H2,15,16,17,18). The first-order valence-corrected chi connectivity index (χ1v) is 6.47. The molecule has 0 spiro atoms. The van der Waals surface area contributed by atoms with E-state index in [1.807, 2.05) is 14.1 Å². The number of nitrogen functional groups attached to an aromatic ring is 1. The van der Waals surface area contributed by atoms with E-state index in [1.54, 1.807) is 23.1 Å². The Bertz CT molecular complexity index is 601. The summed E-state index contributed by atoms with van der Waals surface area (Å²) in [5, 5.41) is 0.847. The number of halogens is 2. The predicted molar refractivity (Wildman–Crippen MR) is 79.4 cm³/mol. The van der Waals surface area contributed by atoms with Gasteiger partial charge in [0.15, 0.2) is 11.6 Å². The molecule has 1 heterocycles. The maximum Gasteiger partial charge on any atom is 0.230 e. The van der Waals surface area contributed by atoms with Gasteiger partial charge in [-0.05, 0) is 12.1 Å². The van der Waals surface area contributed by atoms with Gasteiger partial charge in [-0.2, -0.15) is 15.0 Å². The van der Waals surface area contributed by atoms with Gasteiger partial charge < -0.3 is 15.4 Å². The summed E-state index contributed by atoms with van der Waals surface area (Å²) in [6.07, 6.45) is 0. The molecule has 1 aromatic heterocycles. The molecule has 2 N–H and O–H groups in total. The Morgan fingerprint density at radius 3 is 2.40 bits per heavy atom. The van der Waals surface area contributed by atoms with E-state index in [0.717, 1.165) is 0 Å². The molecule has 0 amide bonds. The molecule has 0 bridgehead atoms. The number of benzene rings is 1. The van der Waals surface area contributed by atoms with Crippen molar-refractivity contribution in [3.8, 4) is 5.75 Å². The predicted octanol–water partition coefficient (Wildman–Crippen LogP) is 2.41. The van der Waals surface area contributed by atoms with Crippen LogP contribution >= 0.6 is 23.2 Å². The Hall–Kier alpha value is -1.79. The molecule has 6 nitrogen and oxygen atoms in total. The number of nitrogens with two attached hydrogens (primary N) is 1. The smallest absolute Gasteiger partial charge is 0.230 e. The minimum Gasteiger partial charge on any atom is -0.482 e. The molecule has 0 aliphatic rings. The molecule has 0 atom stereocenters. The van der Waals surface area contributed by atoms with E-state index in [9.17, 15) is 0 Å². The lowest BCUT2D eigenvalue weighted by Crippen LogP contribution is -2.17. The number of anilines is 2. The SMILES string of the molecule is CN(C)c1nc(N)nc(COc2c(Cl)cccc2Cl)n1. The van der Waals surface area contributed by atoms with Crippen LogP contribution in [0, 0.1) is 0 Å². The van der Waals surface area contributed by atoms with Crippen molar-refractivity contribution in [3.63, 3.8) is 0 Å². The van der Waals surface area contributed by atoms with Crippen LogP contribution < -0.4 is 15.4 Å². The lowest BCUT2D eigenvalue weighted by Gasteiger charge is -2.12. The molecule has 1 aromatic carbocycles. The highest BCUT2D eigenvalue weighted by molar-refractivity contribution is 6.37. The normalized spacial score (nSPS) is 10.4. The van der Waals surface area contributed by atoms with Crippen LogP contribution in [0.15, 0.2) is 18.2 Å². The van der Waals surface area contributed by atoms with Gasteiger partial charge in [-0.3, -0.25) is 0 Å². The van der Waals surface area contributed by atoms with Crippen LogP contribution in [-0.2, 0) is 6.61 Å². The fraction of sp³-hybridized carbons (Fsp3) is 0.250.